The summed E-state index contributed by atoms with van der Waals surface area (Å²) in [6.07, 6.45) is 1.36. The van der Waals surface area contributed by atoms with E-state index in [1.165, 1.54) is 36.4 Å². The molecule has 9 heteroatoms. The normalized spacial score (nSPS) is 17.5. The summed E-state index contributed by atoms with van der Waals surface area (Å²) in [4.78, 5) is 15.5. The number of carbonyl (C=O) groups excluding carboxylic acids is 1. The molecule has 0 spiro atoms. The van der Waals surface area contributed by atoms with Gasteiger partial charge in [0, 0.05) is 24.5 Å². The number of methoxy groups -OCH3 is 1. The van der Waals surface area contributed by atoms with E-state index in [0.29, 0.717) is 22.9 Å². The molecule has 3 aromatic rings. The van der Waals surface area contributed by atoms with E-state index in [-0.39, 0.29) is 11.4 Å². The van der Waals surface area contributed by atoms with Crippen molar-refractivity contribution in [3.05, 3.63) is 72.8 Å². The summed E-state index contributed by atoms with van der Waals surface area (Å²) in [6, 6.07) is 20.7. The molecule has 2 aliphatic heterocycles. The summed E-state index contributed by atoms with van der Waals surface area (Å²) in [6.45, 7) is 1.93. The van der Waals surface area contributed by atoms with Gasteiger partial charge in [-0.3, -0.25) is 9.10 Å². The molecule has 0 saturated carbocycles. The minimum absolute atomic E-state index is 0.103. The zero-order chi connectivity index (χ0) is 24.4. The predicted octanol–water partition coefficient (Wildman–Crippen LogP) is 3.89. The number of anilines is 3. The van der Waals surface area contributed by atoms with Crippen LogP contribution in [-0.4, -0.2) is 47.2 Å². The molecule has 8 nitrogen and oxygen atoms in total. The van der Waals surface area contributed by atoms with Crippen molar-refractivity contribution in [1.82, 2.24) is 0 Å². The smallest absolute Gasteiger partial charge is 0.267 e. The average Bonchev–Trinajstić information content (AvgIpc) is 3.43. The molecule has 1 saturated heterocycles. The first-order valence-electron chi connectivity index (χ1n) is 11.5. The SMILES string of the molecule is COc1ccc(S(=O)(=O)N2C[C@@H](C(=O)Nc3ccc(N4CCCC4)cc3)Oc3ccccc32)cc1. The first-order valence-corrected chi connectivity index (χ1v) is 13.0. The number of hydrogen-bond donors (Lipinski definition) is 1. The van der Waals surface area contributed by atoms with Crippen molar-refractivity contribution in [2.45, 2.75) is 23.8 Å². The third-order valence-corrected chi connectivity index (χ3v) is 8.07. The zero-order valence-electron chi connectivity index (χ0n) is 19.4. The Labute approximate surface area is 205 Å². The van der Waals surface area contributed by atoms with Crippen molar-refractivity contribution in [3.8, 4) is 11.5 Å². The van der Waals surface area contributed by atoms with Crippen molar-refractivity contribution in [3.63, 3.8) is 0 Å². The molecule has 0 aromatic heterocycles. The molecule has 0 radical (unpaired) electrons. The first-order chi connectivity index (χ1) is 17.0. The second-order valence-electron chi connectivity index (χ2n) is 8.52. The number of ether oxygens (including phenoxy) is 2. The van der Waals surface area contributed by atoms with Crippen LogP contribution in [0.5, 0.6) is 11.5 Å². The van der Waals surface area contributed by atoms with Crippen molar-refractivity contribution in [1.29, 1.82) is 0 Å². The molecule has 0 aliphatic carbocycles. The number of carbonyl (C=O) groups is 1. The molecule has 35 heavy (non-hydrogen) atoms. The summed E-state index contributed by atoms with van der Waals surface area (Å²) in [5.41, 5.74) is 2.15. The van der Waals surface area contributed by atoms with E-state index in [2.05, 4.69) is 10.2 Å². The van der Waals surface area contributed by atoms with E-state index in [0.717, 1.165) is 18.8 Å². The fraction of sp³-hybridized carbons (Fsp3) is 0.269. The molecule has 1 atom stereocenters. The number of amides is 1. The zero-order valence-corrected chi connectivity index (χ0v) is 20.2. The predicted molar refractivity (Wildman–Crippen MR) is 135 cm³/mol. The molecule has 182 valence electrons. The molecule has 0 unspecified atom stereocenters. The van der Waals surface area contributed by atoms with Gasteiger partial charge in [-0.25, -0.2) is 8.42 Å². The van der Waals surface area contributed by atoms with Gasteiger partial charge in [0.2, 0.25) is 0 Å². The van der Waals surface area contributed by atoms with Crippen LogP contribution in [0.3, 0.4) is 0 Å². The highest BCUT2D eigenvalue weighted by molar-refractivity contribution is 7.92. The van der Waals surface area contributed by atoms with Gasteiger partial charge in [-0.05, 0) is 73.5 Å². The summed E-state index contributed by atoms with van der Waals surface area (Å²) in [7, 11) is -2.42. The van der Waals surface area contributed by atoms with Gasteiger partial charge >= 0.3 is 0 Å². The second-order valence-corrected chi connectivity index (χ2v) is 10.4. The number of nitrogens with zero attached hydrogens (tertiary/aromatic N) is 2. The van der Waals surface area contributed by atoms with E-state index in [9.17, 15) is 13.2 Å². The Bertz CT molecular complexity index is 1300. The minimum atomic E-state index is -3.94. The third-order valence-electron chi connectivity index (χ3n) is 6.28. The van der Waals surface area contributed by atoms with E-state index in [1.54, 1.807) is 36.4 Å². The molecule has 2 aliphatic rings. The highest BCUT2D eigenvalue weighted by Gasteiger charge is 2.37. The monoisotopic (exact) mass is 493 g/mol. The maximum atomic E-state index is 13.5. The number of rotatable bonds is 6. The van der Waals surface area contributed by atoms with Gasteiger partial charge in [-0.1, -0.05) is 12.1 Å². The molecule has 1 amide bonds. The third kappa shape index (κ3) is 4.64. The van der Waals surface area contributed by atoms with Gasteiger partial charge < -0.3 is 19.7 Å². The van der Waals surface area contributed by atoms with Crippen molar-refractivity contribution >= 4 is 33.0 Å². The molecule has 1 N–H and O–H groups in total. The Kier molecular flexibility index (Phi) is 6.25. The van der Waals surface area contributed by atoms with Crippen LogP contribution in [0.15, 0.2) is 77.7 Å². The molecular weight excluding hydrogens is 466 g/mol. The lowest BCUT2D eigenvalue weighted by atomic mass is 10.2. The van der Waals surface area contributed by atoms with Crippen LogP contribution in [0.25, 0.3) is 0 Å². The van der Waals surface area contributed by atoms with Gasteiger partial charge in [0.25, 0.3) is 15.9 Å². The van der Waals surface area contributed by atoms with Crippen molar-refractivity contribution < 1.29 is 22.7 Å². The standard InChI is InChI=1S/C26H27N3O5S/c1-33-21-12-14-22(15-13-21)35(31,32)29-18-25(34-24-7-3-2-6-23(24)29)26(30)27-19-8-10-20(11-9-19)28-16-4-5-17-28/h2-3,6-15,25H,4-5,16-18H2,1H3,(H,27,30)/t25-/m0/s1. The average molecular weight is 494 g/mol. The van der Waals surface area contributed by atoms with Crippen LogP contribution in [0, 0.1) is 0 Å². The highest BCUT2D eigenvalue weighted by Crippen LogP contribution is 2.37. The van der Waals surface area contributed by atoms with E-state index in [1.807, 2.05) is 24.3 Å². The fourth-order valence-electron chi connectivity index (χ4n) is 4.39. The van der Waals surface area contributed by atoms with Crippen molar-refractivity contribution in [2.24, 2.45) is 0 Å². The van der Waals surface area contributed by atoms with Crippen molar-refractivity contribution in [2.75, 3.05) is 41.3 Å². The molecular formula is C26H27N3O5S. The number of hydrogen-bond acceptors (Lipinski definition) is 6. The van der Waals surface area contributed by atoms with Crippen LogP contribution in [-0.2, 0) is 14.8 Å². The topological polar surface area (TPSA) is 88.2 Å². The quantitative estimate of drug-likeness (QED) is 0.561. The Hall–Kier alpha value is -3.72. The van der Waals surface area contributed by atoms with E-state index < -0.39 is 22.0 Å². The molecule has 1 fully saturated rings. The lowest BCUT2D eigenvalue weighted by Crippen LogP contribution is -2.48. The second kappa shape index (κ2) is 9.50. The summed E-state index contributed by atoms with van der Waals surface area (Å²) in [5.74, 6) is 0.475. The van der Waals surface area contributed by atoms with Crippen LogP contribution >= 0.6 is 0 Å². The fourth-order valence-corrected chi connectivity index (χ4v) is 5.87. The number of sulfonamides is 1. The van der Waals surface area contributed by atoms with Gasteiger partial charge in [0.15, 0.2) is 6.10 Å². The number of nitrogens with one attached hydrogen (secondary N) is 1. The maximum Gasteiger partial charge on any atom is 0.267 e. The Morgan fingerprint density at radius 1 is 0.971 bits per heavy atom. The molecule has 2 heterocycles. The van der Waals surface area contributed by atoms with Crippen LogP contribution in [0.2, 0.25) is 0 Å². The Balaban J connectivity index is 1.37. The van der Waals surface area contributed by atoms with Crippen LogP contribution < -0.4 is 24.0 Å². The maximum absolute atomic E-state index is 13.5. The lowest BCUT2D eigenvalue weighted by molar-refractivity contribution is -0.122. The summed E-state index contributed by atoms with van der Waals surface area (Å²) in [5, 5.41) is 2.87. The number of para-hydroxylation sites is 2. The van der Waals surface area contributed by atoms with Crippen LogP contribution in [0.1, 0.15) is 12.8 Å². The molecule has 3 aromatic carbocycles. The van der Waals surface area contributed by atoms with Gasteiger partial charge in [0.1, 0.15) is 11.5 Å². The van der Waals surface area contributed by atoms with Crippen LogP contribution in [0.4, 0.5) is 17.1 Å². The van der Waals surface area contributed by atoms with Gasteiger partial charge in [0.05, 0.1) is 24.2 Å². The first kappa shape index (κ1) is 23.0. The highest BCUT2D eigenvalue weighted by atomic mass is 32.2. The largest absolute Gasteiger partial charge is 0.497 e. The Morgan fingerprint density at radius 3 is 2.34 bits per heavy atom. The lowest BCUT2D eigenvalue weighted by Gasteiger charge is -2.34. The number of benzene rings is 3. The van der Waals surface area contributed by atoms with Gasteiger partial charge in [-0.2, -0.15) is 0 Å². The summed E-state index contributed by atoms with van der Waals surface area (Å²) >= 11 is 0. The van der Waals surface area contributed by atoms with E-state index in [4.69, 9.17) is 9.47 Å². The summed E-state index contributed by atoms with van der Waals surface area (Å²) < 4.78 is 39.4. The molecule has 5 rings (SSSR count). The molecule has 0 bridgehead atoms. The van der Waals surface area contributed by atoms with Gasteiger partial charge in [-0.15, -0.1) is 0 Å². The Morgan fingerprint density at radius 2 is 1.66 bits per heavy atom. The number of fused-ring (bicyclic) bond motifs is 1. The minimum Gasteiger partial charge on any atom is -0.497 e. The van der Waals surface area contributed by atoms with E-state index >= 15 is 0 Å².